The first-order valence-electron chi connectivity index (χ1n) is 6.73. The Hall–Kier alpha value is -2.01. The van der Waals surface area contributed by atoms with Crippen LogP contribution in [0.5, 0.6) is 17.4 Å². The van der Waals surface area contributed by atoms with Crippen LogP contribution in [0.2, 0.25) is 5.02 Å². The molecule has 2 rings (SSSR count). The quantitative estimate of drug-likeness (QED) is 0.872. The number of methoxy groups -OCH3 is 1. The van der Waals surface area contributed by atoms with Gasteiger partial charge >= 0.3 is 0 Å². The van der Waals surface area contributed by atoms with Gasteiger partial charge in [-0.15, -0.1) is 0 Å². The Kier molecular flexibility index (Phi) is 5.22. The monoisotopic (exact) mass is 307 g/mol. The lowest BCUT2D eigenvalue weighted by molar-refractivity contribution is 0.374. The molecule has 1 aromatic heterocycles. The van der Waals surface area contributed by atoms with Crippen molar-refractivity contribution in [3.63, 3.8) is 0 Å². The van der Waals surface area contributed by atoms with Gasteiger partial charge in [0.05, 0.1) is 13.3 Å². The number of aryl methyl sites for hydroxylation is 1. The minimum atomic E-state index is 0.299. The molecular formula is C15H18ClN3O2. The van der Waals surface area contributed by atoms with E-state index in [1.807, 2.05) is 25.1 Å². The lowest BCUT2D eigenvalue weighted by Gasteiger charge is -2.12. The van der Waals surface area contributed by atoms with E-state index in [-0.39, 0.29) is 0 Å². The highest BCUT2D eigenvalue weighted by molar-refractivity contribution is 6.31. The van der Waals surface area contributed by atoms with Crippen LogP contribution in [0.4, 0.5) is 5.95 Å². The largest absolute Gasteiger partial charge is 0.493 e. The molecule has 0 fully saturated rings. The van der Waals surface area contributed by atoms with E-state index in [0.29, 0.717) is 28.3 Å². The van der Waals surface area contributed by atoms with Gasteiger partial charge < -0.3 is 14.8 Å². The van der Waals surface area contributed by atoms with Crippen LogP contribution in [0, 0.1) is 6.92 Å². The summed E-state index contributed by atoms with van der Waals surface area (Å²) in [4.78, 5) is 8.38. The average Bonchev–Trinajstić information content (AvgIpc) is 2.49. The number of rotatable bonds is 6. The number of anilines is 1. The fourth-order valence-electron chi connectivity index (χ4n) is 1.71. The maximum atomic E-state index is 6.09. The summed E-state index contributed by atoms with van der Waals surface area (Å²) >= 11 is 6.09. The van der Waals surface area contributed by atoms with Gasteiger partial charge in [-0.3, -0.25) is 0 Å². The topological polar surface area (TPSA) is 56.3 Å². The van der Waals surface area contributed by atoms with Crippen molar-refractivity contribution in [3.8, 4) is 17.4 Å². The normalized spacial score (nSPS) is 10.3. The van der Waals surface area contributed by atoms with Crippen molar-refractivity contribution in [3.05, 3.63) is 35.0 Å². The SMILES string of the molecule is CCCNc1ncc(Cl)c(Oc2ccc(C)cc2OC)n1. The predicted molar refractivity (Wildman–Crippen MR) is 83.6 cm³/mol. The molecule has 112 valence electrons. The van der Waals surface area contributed by atoms with Gasteiger partial charge in [-0.2, -0.15) is 4.98 Å². The molecule has 0 aliphatic carbocycles. The number of aromatic nitrogens is 2. The minimum absolute atomic E-state index is 0.299. The van der Waals surface area contributed by atoms with Gasteiger partial charge in [-0.1, -0.05) is 24.6 Å². The molecule has 0 aliphatic rings. The number of ether oxygens (including phenoxy) is 2. The molecule has 0 unspecified atom stereocenters. The van der Waals surface area contributed by atoms with Crippen LogP contribution in [0.3, 0.4) is 0 Å². The third-order valence-corrected chi connectivity index (χ3v) is 3.03. The maximum Gasteiger partial charge on any atom is 0.243 e. The number of nitrogens with zero attached hydrogens (tertiary/aromatic N) is 2. The summed E-state index contributed by atoms with van der Waals surface area (Å²) < 4.78 is 11.1. The molecule has 0 bridgehead atoms. The first-order chi connectivity index (χ1) is 10.1. The van der Waals surface area contributed by atoms with Crippen LogP contribution in [0.25, 0.3) is 0 Å². The second-order valence-corrected chi connectivity index (χ2v) is 4.94. The van der Waals surface area contributed by atoms with E-state index in [0.717, 1.165) is 18.5 Å². The fraction of sp³-hybridized carbons (Fsp3) is 0.333. The Morgan fingerprint density at radius 1 is 1.29 bits per heavy atom. The summed E-state index contributed by atoms with van der Waals surface area (Å²) in [5, 5.41) is 3.44. The zero-order valence-electron chi connectivity index (χ0n) is 12.3. The van der Waals surface area contributed by atoms with Crippen LogP contribution < -0.4 is 14.8 Å². The van der Waals surface area contributed by atoms with E-state index in [9.17, 15) is 0 Å². The number of nitrogens with one attached hydrogen (secondary N) is 1. The third-order valence-electron chi connectivity index (χ3n) is 2.77. The van der Waals surface area contributed by atoms with Crippen LogP contribution in [-0.4, -0.2) is 23.6 Å². The zero-order valence-corrected chi connectivity index (χ0v) is 13.1. The van der Waals surface area contributed by atoms with Crippen LogP contribution >= 0.6 is 11.6 Å². The highest BCUT2D eigenvalue weighted by Crippen LogP contribution is 2.34. The lowest BCUT2D eigenvalue weighted by atomic mass is 10.2. The van der Waals surface area contributed by atoms with Crippen molar-refractivity contribution < 1.29 is 9.47 Å². The molecular weight excluding hydrogens is 290 g/mol. The van der Waals surface area contributed by atoms with E-state index >= 15 is 0 Å². The van der Waals surface area contributed by atoms with Crippen LogP contribution in [0.15, 0.2) is 24.4 Å². The molecule has 1 N–H and O–H groups in total. The minimum Gasteiger partial charge on any atom is -0.493 e. The summed E-state index contributed by atoms with van der Waals surface area (Å²) in [6.07, 6.45) is 2.50. The summed E-state index contributed by atoms with van der Waals surface area (Å²) in [5.74, 6) is 1.98. The molecule has 0 saturated carbocycles. The molecule has 0 aliphatic heterocycles. The second-order valence-electron chi connectivity index (χ2n) is 4.53. The molecule has 2 aromatic rings. The number of halogens is 1. The molecule has 0 saturated heterocycles. The molecule has 21 heavy (non-hydrogen) atoms. The molecule has 1 heterocycles. The average molecular weight is 308 g/mol. The van der Waals surface area contributed by atoms with E-state index in [2.05, 4.69) is 22.2 Å². The molecule has 6 heteroatoms. The van der Waals surface area contributed by atoms with E-state index in [4.69, 9.17) is 21.1 Å². The first kappa shape index (κ1) is 15.4. The maximum absolute atomic E-state index is 6.09. The molecule has 0 atom stereocenters. The molecule has 0 radical (unpaired) electrons. The standard InChI is InChI=1S/C15H18ClN3O2/c1-4-7-17-15-18-9-11(16)14(19-15)21-12-6-5-10(2)8-13(12)20-3/h5-6,8-9H,4,7H2,1-3H3,(H,17,18,19). The summed E-state index contributed by atoms with van der Waals surface area (Å²) in [6.45, 7) is 4.84. The number of hydrogen-bond donors (Lipinski definition) is 1. The Bertz CT molecular complexity index is 620. The van der Waals surface area contributed by atoms with Crippen LogP contribution in [-0.2, 0) is 0 Å². The smallest absolute Gasteiger partial charge is 0.243 e. The van der Waals surface area contributed by atoms with E-state index in [1.165, 1.54) is 6.20 Å². The Morgan fingerprint density at radius 2 is 2.10 bits per heavy atom. The molecule has 0 spiro atoms. The number of hydrogen-bond acceptors (Lipinski definition) is 5. The predicted octanol–water partition coefficient (Wildman–Crippen LogP) is 4.06. The molecule has 5 nitrogen and oxygen atoms in total. The summed E-state index contributed by atoms with van der Waals surface area (Å²) in [7, 11) is 1.59. The van der Waals surface area contributed by atoms with Crippen molar-refractivity contribution in [2.45, 2.75) is 20.3 Å². The second kappa shape index (κ2) is 7.13. The van der Waals surface area contributed by atoms with Gasteiger partial charge in [-0.25, -0.2) is 4.98 Å². The highest BCUT2D eigenvalue weighted by atomic mass is 35.5. The Morgan fingerprint density at radius 3 is 2.81 bits per heavy atom. The van der Waals surface area contributed by atoms with Gasteiger partial charge in [-0.05, 0) is 31.0 Å². The summed E-state index contributed by atoms with van der Waals surface area (Å²) in [6, 6.07) is 5.65. The van der Waals surface area contributed by atoms with Gasteiger partial charge in [0.1, 0.15) is 5.02 Å². The third kappa shape index (κ3) is 3.98. The lowest BCUT2D eigenvalue weighted by Crippen LogP contribution is -2.05. The fourth-order valence-corrected chi connectivity index (χ4v) is 1.84. The first-order valence-corrected chi connectivity index (χ1v) is 7.10. The number of benzene rings is 1. The summed E-state index contributed by atoms with van der Waals surface area (Å²) in [5.41, 5.74) is 1.08. The Labute approximate surface area is 129 Å². The van der Waals surface area contributed by atoms with Crippen molar-refractivity contribution in [1.29, 1.82) is 0 Å². The van der Waals surface area contributed by atoms with Crippen LogP contribution in [0.1, 0.15) is 18.9 Å². The van der Waals surface area contributed by atoms with Gasteiger partial charge in [0.15, 0.2) is 11.5 Å². The van der Waals surface area contributed by atoms with Gasteiger partial charge in [0, 0.05) is 6.54 Å². The molecule has 1 aromatic carbocycles. The van der Waals surface area contributed by atoms with Crippen molar-refractivity contribution >= 4 is 17.5 Å². The van der Waals surface area contributed by atoms with Gasteiger partial charge in [0.2, 0.25) is 11.8 Å². The highest BCUT2D eigenvalue weighted by Gasteiger charge is 2.11. The Balaban J connectivity index is 2.26. The van der Waals surface area contributed by atoms with E-state index < -0.39 is 0 Å². The van der Waals surface area contributed by atoms with Crippen molar-refractivity contribution in [2.24, 2.45) is 0 Å². The van der Waals surface area contributed by atoms with Crippen molar-refractivity contribution in [2.75, 3.05) is 19.0 Å². The van der Waals surface area contributed by atoms with Crippen molar-refractivity contribution in [1.82, 2.24) is 9.97 Å². The van der Waals surface area contributed by atoms with E-state index in [1.54, 1.807) is 7.11 Å². The van der Waals surface area contributed by atoms with Gasteiger partial charge in [0.25, 0.3) is 0 Å². The zero-order chi connectivity index (χ0) is 15.2. The molecule has 0 amide bonds.